The van der Waals surface area contributed by atoms with Gasteiger partial charge in [-0.15, -0.1) is 0 Å². The van der Waals surface area contributed by atoms with Crippen molar-refractivity contribution in [2.45, 2.75) is 19.7 Å². The Hall–Kier alpha value is -1.82. The minimum atomic E-state index is -0.105. The molecule has 0 aliphatic carbocycles. The lowest BCUT2D eigenvalue weighted by atomic mass is 10.2. The van der Waals surface area contributed by atoms with Gasteiger partial charge in [0.1, 0.15) is 23.9 Å². The molecule has 0 aliphatic rings. The molecule has 114 valence electrons. The molecule has 0 atom stereocenters. The number of methoxy groups -OCH3 is 1. The van der Waals surface area contributed by atoms with Gasteiger partial charge in [0.15, 0.2) is 0 Å². The number of hydrogen-bond donors (Lipinski definition) is 2. The van der Waals surface area contributed by atoms with E-state index < -0.39 is 0 Å². The van der Waals surface area contributed by atoms with E-state index in [0.29, 0.717) is 25.4 Å². The first-order valence-electron chi connectivity index (χ1n) is 6.90. The summed E-state index contributed by atoms with van der Waals surface area (Å²) in [6.07, 6.45) is 0. The molecule has 1 heterocycles. The van der Waals surface area contributed by atoms with Gasteiger partial charge in [-0.25, -0.2) is 0 Å². The molecule has 0 saturated carbocycles. The minimum absolute atomic E-state index is 0.0721. The van der Waals surface area contributed by atoms with Crippen LogP contribution in [-0.2, 0) is 19.7 Å². The molecule has 0 radical (unpaired) electrons. The van der Waals surface area contributed by atoms with Crippen LogP contribution in [-0.4, -0.2) is 35.4 Å². The molecule has 1 aromatic carbocycles. The maximum atomic E-state index is 9.23. The average Bonchev–Trinajstić information content (AvgIpc) is 2.95. The molecule has 0 unspecified atom stereocenters. The third kappa shape index (κ3) is 4.32. The van der Waals surface area contributed by atoms with Crippen molar-refractivity contribution in [1.82, 2.24) is 4.90 Å². The van der Waals surface area contributed by atoms with Crippen LogP contribution in [0.3, 0.4) is 0 Å². The summed E-state index contributed by atoms with van der Waals surface area (Å²) in [4.78, 5) is 2.07. The van der Waals surface area contributed by atoms with Crippen LogP contribution in [0.2, 0.25) is 0 Å². The Balaban J connectivity index is 2.07. The van der Waals surface area contributed by atoms with Crippen molar-refractivity contribution in [1.29, 1.82) is 0 Å². The number of rotatable bonds is 8. The zero-order valence-electron chi connectivity index (χ0n) is 12.2. The van der Waals surface area contributed by atoms with Gasteiger partial charge in [-0.2, -0.15) is 0 Å². The Morgan fingerprint density at radius 3 is 2.48 bits per heavy atom. The lowest BCUT2D eigenvalue weighted by Crippen LogP contribution is -2.26. The first-order chi connectivity index (χ1) is 10.3. The molecule has 21 heavy (non-hydrogen) atoms. The number of aliphatic hydroxyl groups is 2. The van der Waals surface area contributed by atoms with Crippen LogP contribution in [0.25, 0.3) is 0 Å². The van der Waals surface area contributed by atoms with Crippen molar-refractivity contribution in [2.24, 2.45) is 0 Å². The normalized spacial score (nSPS) is 11.0. The van der Waals surface area contributed by atoms with Gasteiger partial charge in [-0.3, -0.25) is 4.90 Å². The average molecular weight is 291 g/mol. The van der Waals surface area contributed by atoms with Crippen molar-refractivity contribution >= 4 is 0 Å². The molecule has 0 saturated heterocycles. The van der Waals surface area contributed by atoms with Gasteiger partial charge >= 0.3 is 0 Å². The highest BCUT2D eigenvalue weighted by Gasteiger charge is 2.12. The monoisotopic (exact) mass is 291 g/mol. The van der Waals surface area contributed by atoms with Gasteiger partial charge in [-0.05, 0) is 18.2 Å². The standard InChI is InChI=1S/C16H21NO4/c1-20-16-5-3-2-4-13(16)10-17(8-9-18)11-14-6-7-15(12-19)21-14/h2-7,18-19H,8-12H2,1H3. The van der Waals surface area contributed by atoms with E-state index in [-0.39, 0.29) is 13.2 Å². The van der Waals surface area contributed by atoms with Crippen LogP contribution in [0.5, 0.6) is 5.75 Å². The van der Waals surface area contributed by atoms with Crippen molar-refractivity contribution < 1.29 is 19.4 Å². The van der Waals surface area contributed by atoms with Crippen LogP contribution in [0.1, 0.15) is 17.1 Å². The predicted octanol–water partition coefficient (Wildman–Crippen LogP) is 1.77. The maximum absolute atomic E-state index is 9.23. The zero-order chi connectivity index (χ0) is 15.1. The minimum Gasteiger partial charge on any atom is -0.496 e. The number of aliphatic hydroxyl groups excluding tert-OH is 2. The SMILES string of the molecule is COc1ccccc1CN(CCO)Cc1ccc(CO)o1. The lowest BCUT2D eigenvalue weighted by molar-refractivity contribution is 0.169. The molecule has 5 nitrogen and oxygen atoms in total. The highest BCUT2D eigenvalue weighted by atomic mass is 16.5. The Kier molecular flexibility index (Phi) is 5.80. The van der Waals surface area contributed by atoms with E-state index in [0.717, 1.165) is 17.1 Å². The predicted molar refractivity (Wildman–Crippen MR) is 78.8 cm³/mol. The Bertz CT molecular complexity index is 553. The second kappa shape index (κ2) is 7.83. The third-order valence-corrected chi connectivity index (χ3v) is 3.26. The van der Waals surface area contributed by atoms with Crippen LogP contribution >= 0.6 is 0 Å². The number of ether oxygens (including phenoxy) is 1. The summed E-state index contributed by atoms with van der Waals surface area (Å²) in [5.41, 5.74) is 1.06. The molecular formula is C16H21NO4. The van der Waals surface area contributed by atoms with E-state index in [4.69, 9.17) is 14.3 Å². The Labute approximate surface area is 124 Å². The zero-order valence-corrected chi connectivity index (χ0v) is 12.2. The molecule has 1 aromatic heterocycles. The molecular weight excluding hydrogens is 270 g/mol. The first-order valence-corrected chi connectivity index (χ1v) is 6.90. The highest BCUT2D eigenvalue weighted by Crippen LogP contribution is 2.20. The second-order valence-corrected chi connectivity index (χ2v) is 4.77. The molecule has 5 heteroatoms. The number of para-hydroxylation sites is 1. The molecule has 0 spiro atoms. The van der Waals surface area contributed by atoms with E-state index in [1.165, 1.54) is 0 Å². The fourth-order valence-electron chi connectivity index (χ4n) is 2.24. The van der Waals surface area contributed by atoms with Gasteiger partial charge in [0.2, 0.25) is 0 Å². The molecule has 2 rings (SSSR count). The van der Waals surface area contributed by atoms with Crippen LogP contribution < -0.4 is 4.74 Å². The third-order valence-electron chi connectivity index (χ3n) is 3.26. The quantitative estimate of drug-likeness (QED) is 0.776. The molecule has 2 N–H and O–H groups in total. The number of benzene rings is 1. The van der Waals surface area contributed by atoms with Gasteiger partial charge < -0.3 is 19.4 Å². The van der Waals surface area contributed by atoms with E-state index in [9.17, 15) is 5.11 Å². The van der Waals surface area contributed by atoms with Crippen LogP contribution in [0.4, 0.5) is 0 Å². The smallest absolute Gasteiger partial charge is 0.129 e. The Morgan fingerprint density at radius 1 is 1.05 bits per heavy atom. The van der Waals surface area contributed by atoms with Gasteiger partial charge in [0.05, 0.1) is 20.3 Å². The van der Waals surface area contributed by atoms with Crippen molar-refractivity contribution in [3.05, 3.63) is 53.5 Å². The molecule has 0 fully saturated rings. The molecule has 0 bridgehead atoms. The largest absolute Gasteiger partial charge is 0.496 e. The second-order valence-electron chi connectivity index (χ2n) is 4.77. The summed E-state index contributed by atoms with van der Waals surface area (Å²) in [5.74, 6) is 2.14. The number of hydrogen-bond acceptors (Lipinski definition) is 5. The van der Waals surface area contributed by atoms with Crippen molar-refractivity contribution in [3.63, 3.8) is 0 Å². The van der Waals surface area contributed by atoms with E-state index in [1.807, 2.05) is 30.3 Å². The summed E-state index contributed by atoms with van der Waals surface area (Å²) >= 11 is 0. The summed E-state index contributed by atoms with van der Waals surface area (Å²) < 4.78 is 10.8. The first kappa shape index (κ1) is 15.6. The molecule has 2 aromatic rings. The van der Waals surface area contributed by atoms with Gasteiger partial charge in [0, 0.05) is 18.7 Å². The van der Waals surface area contributed by atoms with Crippen LogP contribution in [0.15, 0.2) is 40.8 Å². The van der Waals surface area contributed by atoms with Crippen molar-refractivity contribution in [3.8, 4) is 5.75 Å². The fraction of sp³-hybridized carbons (Fsp3) is 0.375. The summed E-state index contributed by atoms with van der Waals surface area (Å²) in [6.45, 7) is 1.72. The lowest BCUT2D eigenvalue weighted by Gasteiger charge is -2.21. The number of nitrogens with zero attached hydrogens (tertiary/aromatic N) is 1. The van der Waals surface area contributed by atoms with Crippen molar-refractivity contribution in [2.75, 3.05) is 20.3 Å². The molecule has 0 aliphatic heterocycles. The highest BCUT2D eigenvalue weighted by molar-refractivity contribution is 5.33. The molecule has 0 amide bonds. The van der Waals surface area contributed by atoms with E-state index >= 15 is 0 Å². The summed E-state index contributed by atoms with van der Waals surface area (Å²) in [5, 5.41) is 18.3. The topological polar surface area (TPSA) is 66.1 Å². The van der Waals surface area contributed by atoms with Gasteiger partial charge in [-0.1, -0.05) is 18.2 Å². The van der Waals surface area contributed by atoms with E-state index in [2.05, 4.69) is 4.90 Å². The summed E-state index contributed by atoms with van der Waals surface area (Å²) in [6, 6.07) is 11.4. The van der Waals surface area contributed by atoms with Crippen LogP contribution in [0, 0.1) is 0 Å². The fourth-order valence-corrected chi connectivity index (χ4v) is 2.24. The number of furan rings is 1. The maximum Gasteiger partial charge on any atom is 0.129 e. The Morgan fingerprint density at radius 2 is 1.81 bits per heavy atom. The van der Waals surface area contributed by atoms with Gasteiger partial charge in [0.25, 0.3) is 0 Å². The van der Waals surface area contributed by atoms with E-state index in [1.54, 1.807) is 13.2 Å². The summed E-state index contributed by atoms with van der Waals surface area (Å²) in [7, 11) is 1.65.